The van der Waals surface area contributed by atoms with Gasteiger partial charge in [0.05, 0.1) is 0 Å². The summed E-state index contributed by atoms with van der Waals surface area (Å²) in [6.45, 7) is 5.74. The van der Waals surface area contributed by atoms with Crippen LogP contribution < -0.4 is 0 Å². The van der Waals surface area contributed by atoms with Crippen LogP contribution in [0.3, 0.4) is 0 Å². The molecule has 2 heteroatoms. The highest BCUT2D eigenvalue weighted by molar-refractivity contribution is 6.39. The summed E-state index contributed by atoms with van der Waals surface area (Å²) >= 11 is 0. The fourth-order valence-electron chi connectivity index (χ4n) is 0. The van der Waals surface area contributed by atoms with Crippen LogP contribution in [0.1, 0.15) is 0 Å². The Morgan fingerprint density at radius 2 is 2.00 bits per heavy atom. The summed E-state index contributed by atoms with van der Waals surface area (Å²) < 4.78 is 0. The molecule has 0 saturated heterocycles. The Kier molecular flexibility index (Phi) is 16.1. The van der Waals surface area contributed by atoms with Crippen LogP contribution in [-0.4, -0.2) is 15.0 Å². The van der Waals surface area contributed by atoms with Gasteiger partial charge < -0.3 is 5.48 Å². The molecule has 5 heavy (non-hydrogen) atoms. The summed E-state index contributed by atoms with van der Waals surface area (Å²) in [6, 6.07) is 0. The number of rotatable bonds is 1. The molecule has 1 nitrogen and oxygen atoms in total. The molecular formula is C3H10OSi. The quantitative estimate of drug-likeness (QED) is 0.390. The van der Waals surface area contributed by atoms with Crippen LogP contribution in [-0.2, 0) is 0 Å². The summed E-state index contributed by atoms with van der Waals surface area (Å²) in [7, 11) is 0.188. The molecule has 0 fully saturated rings. The Morgan fingerprint density at radius 1 is 1.80 bits per heavy atom. The van der Waals surface area contributed by atoms with Gasteiger partial charge in [-0.2, -0.15) is 0 Å². The van der Waals surface area contributed by atoms with Crippen molar-refractivity contribution in [2.45, 2.75) is 6.55 Å². The minimum Gasteiger partial charge on any atom is -0.412 e. The lowest BCUT2D eigenvalue weighted by atomic mass is 11.3. The molecule has 0 spiro atoms. The predicted octanol–water partition coefficient (Wildman–Crippen LogP) is -0.478. The highest BCUT2D eigenvalue weighted by atomic mass is 28.2. The monoisotopic (exact) mass is 90.1 g/mol. The standard InChI is InChI=1S/C3H8Si.H2O/c1-3-4-2;/h3H,1,4H2,2H3;1H2. The van der Waals surface area contributed by atoms with Crippen LogP contribution in [0.2, 0.25) is 6.55 Å². The van der Waals surface area contributed by atoms with Crippen molar-refractivity contribution >= 4 is 9.52 Å². The second-order valence-corrected chi connectivity index (χ2v) is 2.09. The van der Waals surface area contributed by atoms with Crippen molar-refractivity contribution in [2.24, 2.45) is 0 Å². The van der Waals surface area contributed by atoms with Gasteiger partial charge in [-0.25, -0.2) is 0 Å². The number of hydrogen-bond donors (Lipinski definition) is 0. The van der Waals surface area contributed by atoms with Crippen LogP contribution in [0.15, 0.2) is 12.3 Å². The van der Waals surface area contributed by atoms with E-state index in [1.54, 1.807) is 0 Å². The second-order valence-electron chi connectivity index (χ2n) is 0.697. The molecule has 0 saturated carbocycles. The fraction of sp³-hybridized carbons (Fsp3) is 0.333. The topological polar surface area (TPSA) is 31.5 Å². The molecule has 0 aromatic rings. The Balaban J connectivity index is 0. The van der Waals surface area contributed by atoms with Crippen molar-refractivity contribution in [3.05, 3.63) is 12.3 Å². The van der Waals surface area contributed by atoms with Gasteiger partial charge in [0, 0.05) is 9.52 Å². The average Bonchev–Trinajstić information content (AvgIpc) is 1.37. The molecule has 0 amide bonds. The third-order valence-corrected chi connectivity index (χ3v) is 0.866. The van der Waals surface area contributed by atoms with Crippen LogP contribution in [0.5, 0.6) is 0 Å². The minimum atomic E-state index is 0. The molecule has 0 aliphatic carbocycles. The predicted molar refractivity (Wildman–Crippen MR) is 28.2 cm³/mol. The first-order chi connectivity index (χ1) is 1.91. The van der Waals surface area contributed by atoms with Crippen molar-refractivity contribution < 1.29 is 5.48 Å². The third kappa shape index (κ3) is 17.1. The van der Waals surface area contributed by atoms with Crippen LogP contribution in [0.25, 0.3) is 0 Å². The normalized spacial score (nSPS) is 7.40. The van der Waals surface area contributed by atoms with E-state index in [4.69, 9.17) is 0 Å². The summed E-state index contributed by atoms with van der Waals surface area (Å²) in [5.74, 6) is 0. The van der Waals surface area contributed by atoms with Gasteiger partial charge in [0.25, 0.3) is 0 Å². The van der Waals surface area contributed by atoms with Gasteiger partial charge in [0.1, 0.15) is 0 Å². The van der Waals surface area contributed by atoms with Crippen LogP contribution in [0, 0.1) is 0 Å². The summed E-state index contributed by atoms with van der Waals surface area (Å²) in [5, 5.41) is 0. The van der Waals surface area contributed by atoms with Gasteiger partial charge in [0.2, 0.25) is 0 Å². The van der Waals surface area contributed by atoms with Crippen molar-refractivity contribution in [2.75, 3.05) is 0 Å². The van der Waals surface area contributed by atoms with Crippen molar-refractivity contribution in [3.63, 3.8) is 0 Å². The molecular weight excluding hydrogens is 80.1 g/mol. The van der Waals surface area contributed by atoms with Gasteiger partial charge >= 0.3 is 0 Å². The van der Waals surface area contributed by atoms with Crippen molar-refractivity contribution in [1.82, 2.24) is 0 Å². The molecule has 0 rings (SSSR count). The van der Waals surface area contributed by atoms with E-state index in [9.17, 15) is 0 Å². The van der Waals surface area contributed by atoms with Crippen molar-refractivity contribution in [1.29, 1.82) is 0 Å². The Hall–Kier alpha value is -0.0831. The largest absolute Gasteiger partial charge is 0.412 e. The first-order valence-corrected chi connectivity index (χ1v) is 3.75. The van der Waals surface area contributed by atoms with E-state index in [2.05, 4.69) is 13.1 Å². The third-order valence-electron chi connectivity index (χ3n) is 0.289. The second kappa shape index (κ2) is 9.07. The van der Waals surface area contributed by atoms with Gasteiger partial charge in [0.15, 0.2) is 0 Å². The Morgan fingerprint density at radius 3 is 2.00 bits per heavy atom. The SMILES string of the molecule is C=C[SiH2]C.O. The molecule has 2 N–H and O–H groups in total. The smallest absolute Gasteiger partial charge is 0.0415 e. The summed E-state index contributed by atoms with van der Waals surface area (Å²) in [4.78, 5) is 0. The van der Waals surface area contributed by atoms with E-state index in [0.29, 0.717) is 0 Å². The zero-order valence-corrected chi connectivity index (χ0v) is 4.91. The zero-order valence-electron chi connectivity index (χ0n) is 3.49. The Labute approximate surface area is 34.8 Å². The molecule has 0 aliphatic heterocycles. The lowest BCUT2D eigenvalue weighted by molar-refractivity contribution is 0.824. The molecule has 0 aliphatic rings. The molecule has 0 radical (unpaired) electrons. The number of hydrogen-bond acceptors (Lipinski definition) is 0. The molecule has 0 aromatic carbocycles. The van der Waals surface area contributed by atoms with Crippen molar-refractivity contribution in [3.8, 4) is 0 Å². The van der Waals surface area contributed by atoms with E-state index >= 15 is 0 Å². The highest BCUT2D eigenvalue weighted by Crippen LogP contribution is 1.48. The Bertz CT molecular complexity index is 20.9. The van der Waals surface area contributed by atoms with E-state index in [1.165, 1.54) is 0 Å². The van der Waals surface area contributed by atoms with Crippen LogP contribution in [0.4, 0.5) is 0 Å². The maximum absolute atomic E-state index is 3.54. The highest BCUT2D eigenvalue weighted by Gasteiger charge is 1.48. The zero-order chi connectivity index (χ0) is 3.41. The van der Waals surface area contributed by atoms with Gasteiger partial charge in [-0.1, -0.05) is 6.55 Å². The molecule has 32 valence electrons. The maximum atomic E-state index is 3.54. The average molecular weight is 90.2 g/mol. The van der Waals surface area contributed by atoms with Gasteiger partial charge in [-0.05, 0) is 0 Å². The molecule has 0 aromatic heterocycles. The van der Waals surface area contributed by atoms with E-state index in [1.807, 2.05) is 5.70 Å². The van der Waals surface area contributed by atoms with E-state index < -0.39 is 0 Å². The lowest BCUT2D eigenvalue weighted by Gasteiger charge is -1.55. The fourth-order valence-corrected chi connectivity index (χ4v) is 0. The van der Waals surface area contributed by atoms with Crippen LogP contribution >= 0.6 is 0 Å². The lowest BCUT2D eigenvalue weighted by Crippen LogP contribution is -1.61. The first kappa shape index (κ1) is 8.87. The van der Waals surface area contributed by atoms with Gasteiger partial charge in [-0.15, -0.1) is 12.3 Å². The first-order valence-electron chi connectivity index (χ1n) is 1.52. The molecule has 0 unspecified atom stereocenters. The molecule has 0 atom stereocenters. The minimum absolute atomic E-state index is 0. The van der Waals surface area contributed by atoms with Gasteiger partial charge in [-0.3, -0.25) is 0 Å². The van der Waals surface area contributed by atoms with E-state index in [-0.39, 0.29) is 15.0 Å². The van der Waals surface area contributed by atoms with E-state index in [0.717, 1.165) is 0 Å². The molecule has 0 heterocycles. The summed E-state index contributed by atoms with van der Waals surface area (Å²) in [5.41, 5.74) is 2.01. The summed E-state index contributed by atoms with van der Waals surface area (Å²) in [6.07, 6.45) is 0. The molecule has 0 bridgehead atoms. The maximum Gasteiger partial charge on any atom is 0.0415 e.